The summed E-state index contributed by atoms with van der Waals surface area (Å²) in [6.45, 7) is 5.90. The highest BCUT2D eigenvalue weighted by Crippen LogP contribution is 2.28. The molecule has 2 nitrogen and oxygen atoms in total. The molecule has 0 amide bonds. The lowest BCUT2D eigenvalue weighted by molar-refractivity contribution is 0.0455. The number of benzene rings is 1. The van der Waals surface area contributed by atoms with Gasteiger partial charge >= 0.3 is 0 Å². The van der Waals surface area contributed by atoms with Crippen molar-refractivity contribution in [2.24, 2.45) is 5.73 Å². The second-order valence-corrected chi connectivity index (χ2v) is 6.46. The third-order valence-electron chi connectivity index (χ3n) is 2.49. The number of hydrogen-bond acceptors (Lipinski definition) is 3. The SMILES string of the molecule is CC(C)(N)Cc1ccc(SC2COC2)cc1. The molecule has 0 atom stereocenters. The predicted octanol–water partition coefficient (Wildman–Crippen LogP) is 2.46. The van der Waals surface area contributed by atoms with E-state index in [4.69, 9.17) is 10.5 Å². The maximum absolute atomic E-state index is 6.00. The van der Waals surface area contributed by atoms with Crippen LogP contribution in [-0.2, 0) is 11.2 Å². The Morgan fingerprint density at radius 2 is 1.94 bits per heavy atom. The van der Waals surface area contributed by atoms with Gasteiger partial charge in [-0.25, -0.2) is 0 Å². The van der Waals surface area contributed by atoms with Crippen molar-refractivity contribution in [3.05, 3.63) is 29.8 Å². The Morgan fingerprint density at radius 1 is 1.31 bits per heavy atom. The van der Waals surface area contributed by atoms with Gasteiger partial charge in [0, 0.05) is 10.4 Å². The molecule has 1 aliphatic heterocycles. The van der Waals surface area contributed by atoms with Crippen LogP contribution in [0.1, 0.15) is 19.4 Å². The van der Waals surface area contributed by atoms with Gasteiger partial charge in [0.15, 0.2) is 0 Å². The van der Waals surface area contributed by atoms with Crippen LogP contribution >= 0.6 is 11.8 Å². The van der Waals surface area contributed by atoms with E-state index in [0.717, 1.165) is 19.6 Å². The first-order chi connectivity index (χ1) is 7.53. The zero-order valence-electron chi connectivity index (χ0n) is 9.90. The fourth-order valence-corrected chi connectivity index (χ4v) is 2.69. The van der Waals surface area contributed by atoms with Crippen LogP contribution in [0.4, 0.5) is 0 Å². The topological polar surface area (TPSA) is 35.2 Å². The number of hydrogen-bond donors (Lipinski definition) is 1. The van der Waals surface area contributed by atoms with Gasteiger partial charge in [-0.1, -0.05) is 12.1 Å². The molecule has 0 aromatic heterocycles. The Kier molecular flexibility index (Phi) is 3.57. The van der Waals surface area contributed by atoms with Crippen LogP contribution in [-0.4, -0.2) is 24.0 Å². The molecule has 2 N–H and O–H groups in total. The van der Waals surface area contributed by atoms with Crippen molar-refractivity contribution in [1.29, 1.82) is 0 Å². The fourth-order valence-electron chi connectivity index (χ4n) is 1.69. The molecular weight excluding hydrogens is 218 g/mol. The van der Waals surface area contributed by atoms with E-state index in [1.54, 1.807) is 0 Å². The maximum atomic E-state index is 6.00. The third kappa shape index (κ3) is 3.51. The molecule has 16 heavy (non-hydrogen) atoms. The van der Waals surface area contributed by atoms with Crippen LogP contribution in [0.5, 0.6) is 0 Å². The summed E-state index contributed by atoms with van der Waals surface area (Å²) in [6.07, 6.45) is 0.921. The first kappa shape index (κ1) is 12.0. The summed E-state index contributed by atoms with van der Waals surface area (Å²) in [5, 5.41) is 0.650. The van der Waals surface area contributed by atoms with Crippen LogP contribution < -0.4 is 5.73 Å². The van der Waals surface area contributed by atoms with Crippen molar-refractivity contribution in [3.8, 4) is 0 Å². The Labute approximate surface area is 102 Å². The molecule has 0 bridgehead atoms. The van der Waals surface area contributed by atoms with E-state index in [0.29, 0.717) is 5.25 Å². The highest BCUT2D eigenvalue weighted by Gasteiger charge is 2.19. The predicted molar refractivity (Wildman–Crippen MR) is 68.9 cm³/mol. The van der Waals surface area contributed by atoms with Crippen molar-refractivity contribution >= 4 is 11.8 Å². The van der Waals surface area contributed by atoms with Crippen molar-refractivity contribution in [1.82, 2.24) is 0 Å². The van der Waals surface area contributed by atoms with Crippen LogP contribution in [0.3, 0.4) is 0 Å². The number of nitrogens with two attached hydrogens (primary N) is 1. The van der Waals surface area contributed by atoms with Gasteiger partial charge in [-0.2, -0.15) is 0 Å². The molecular formula is C13H19NOS. The molecule has 0 radical (unpaired) electrons. The zero-order valence-corrected chi connectivity index (χ0v) is 10.7. The summed E-state index contributed by atoms with van der Waals surface area (Å²) in [7, 11) is 0. The number of rotatable bonds is 4. The average Bonchev–Trinajstić information content (AvgIpc) is 2.11. The van der Waals surface area contributed by atoms with Crippen molar-refractivity contribution in [3.63, 3.8) is 0 Å². The van der Waals surface area contributed by atoms with E-state index >= 15 is 0 Å². The number of thioether (sulfide) groups is 1. The minimum atomic E-state index is -0.129. The van der Waals surface area contributed by atoms with Crippen LogP contribution in [0.15, 0.2) is 29.2 Å². The first-order valence-corrected chi connectivity index (χ1v) is 6.53. The second kappa shape index (κ2) is 4.78. The maximum Gasteiger partial charge on any atom is 0.0611 e. The summed E-state index contributed by atoms with van der Waals surface area (Å²) >= 11 is 1.90. The Morgan fingerprint density at radius 3 is 2.38 bits per heavy atom. The smallest absolute Gasteiger partial charge is 0.0611 e. The Hall–Kier alpha value is -0.510. The zero-order chi connectivity index (χ0) is 11.6. The van der Waals surface area contributed by atoms with Crippen molar-refractivity contribution < 1.29 is 4.74 Å². The van der Waals surface area contributed by atoms with Gasteiger partial charge in [0.1, 0.15) is 0 Å². The lowest BCUT2D eigenvalue weighted by Gasteiger charge is -2.25. The van der Waals surface area contributed by atoms with Gasteiger partial charge in [0.25, 0.3) is 0 Å². The van der Waals surface area contributed by atoms with Crippen molar-refractivity contribution in [2.75, 3.05) is 13.2 Å². The van der Waals surface area contributed by atoms with E-state index in [2.05, 4.69) is 38.1 Å². The van der Waals surface area contributed by atoms with Gasteiger partial charge in [-0.05, 0) is 38.0 Å². The summed E-state index contributed by atoms with van der Waals surface area (Å²) < 4.78 is 5.16. The summed E-state index contributed by atoms with van der Waals surface area (Å²) in [4.78, 5) is 1.33. The molecule has 1 aromatic rings. The quantitative estimate of drug-likeness (QED) is 0.873. The molecule has 0 aliphatic carbocycles. The highest BCUT2D eigenvalue weighted by molar-refractivity contribution is 8.00. The molecule has 2 rings (SSSR count). The Bertz CT molecular complexity index is 338. The average molecular weight is 237 g/mol. The standard InChI is InChI=1S/C13H19NOS/c1-13(2,14)7-10-3-5-11(6-4-10)16-12-8-15-9-12/h3-6,12H,7-9,14H2,1-2H3. The minimum absolute atomic E-state index is 0.129. The molecule has 1 aromatic carbocycles. The largest absolute Gasteiger partial charge is 0.379 e. The summed E-state index contributed by atoms with van der Waals surface area (Å²) in [5.74, 6) is 0. The fraction of sp³-hybridized carbons (Fsp3) is 0.538. The molecule has 1 fully saturated rings. The summed E-state index contributed by atoms with van der Waals surface area (Å²) in [5.41, 5.74) is 7.17. The second-order valence-electron chi connectivity index (χ2n) is 5.09. The van der Waals surface area contributed by atoms with Crippen molar-refractivity contribution in [2.45, 2.75) is 36.0 Å². The Balaban J connectivity index is 1.93. The normalized spacial score (nSPS) is 17.2. The number of ether oxygens (including phenoxy) is 1. The van der Waals surface area contributed by atoms with E-state index in [9.17, 15) is 0 Å². The van der Waals surface area contributed by atoms with Crippen LogP contribution in [0.2, 0.25) is 0 Å². The van der Waals surface area contributed by atoms with E-state index in [-0.39, 0.29) is 5.54 Å². The van der Waals surface area contributed by atoms with E-state index in [1.165, 1.54) is 10.5 Å². The summed E-state index contributed by atoms with van der Waals surface area (Å²) in [6, 6.07) is 8.72. The molecule has 88 valence electrons. The highest BCUT2D eigenvalue weighted by atomic mass is 32.2. The van der Waals surface area contributed by atoms with Gasteiger partial charge in [0.2, 0.25) is 0 Å². The molecule has 0 spiro atoms. The third-order valence-corrected chi connectivity index (χ3v) is 3.64. The monoisotopic (exact) mass is 237 g/mol. The van der Waals surface area contributed by atoms with E-state index in [1.807, 2.05) is 11.8 Å². The van der Waals surface area contributed by atoms with Gasteiger partial charge in [0.05, 0.1) is 18.5 Å². The minimum Gasteiger partial charge on any atom is -0.379 e. The molecule has 0 unspecified atom stereocenters. The van der Waals surface area contributed by atoms with Gasteiger partial charge in [-0.3, -0.25) is 0 Å². The van der Waals surface area contributed by atoms with Crippen LogP contribution in [0, 0.1) is 0 Å². The molecule has 1 aliphatic rings. The van der Waals surface area contributed by atoms with Gasteiger partial charge < -0.3 is 10.5 Å². The first-order valence-electron chi connectivity index (χ1n) is 5.65. The molecule has 1 heterocycles. The molecule has 0 saturated carbocycles. The molecule has 1 saturated heterocycles. The van der Waals surface area contributed by atoms with Gasteiger partial charge in [-0.15, -0.1) is 11.8 Å². The lowest BCUT2D eigenvalue weighted by atomic mass is 9.96. The van der Waals surface area contributed by atoms with Crippen LogP contribution in [0.25, 0.3) is 0 Å². The molecule has 3 heteroatoms. The lowest BCUT2D eigenvalue weighted by Crippen LogP contribution is -2.34. The van der Waals surface area contributed by atoms with E-state index < -0.39 is 0 Å².